The fourth-order valence-electron chi connectivity index (χ4n) is 4.52. The predicted molar refractivity (Wildman–Crippen MR) is 107 cm³/mol. The molecule has 0 N–H and O–H groups in total. The summed E-state index contributed by atoms with van der Waals surface area (Å²) in [6.45, 7) is 9.25. The van der Waals surface area contributed by atoms with Gasteiger partial charge in [0.15, 0.2) is 0 Å². The van der Waals surface area contributed by atoms with Gasteiger partial charge in [-0.15, -0.1) is 0 Å². The van der Waals surface area contributed by atoms with E-state index < -0.39 is 0 Å². The molecule has 1 amide bonds. The Bertz CT molecular complexity index is 634. The number of nitrogens with zero attached hydrogens (tertiary/aromatic N) is 2. The molecule has 2 fully saturated rings. The van der Waals surface area contributed by atoms with Crippen molar-refractivity contribution in [3.05, 3.63) is 24.3 Å². The van der Waals surface area contributed by atoms with Crippen LogP contribution in [0.25, 0.3) is 0 Å². The van der Waals surface area contributed by atoms with Crippen molar-refractivity contribution in [3.8, 4) is 11.5 Å². The third kappa shape index (κ3) is 5.16. The highest BCUT2D eigenvalue weighted by Gasteiger charge is 2.42. The zero-order chi connectivity index (χ0) is 19.3. The van der Waals surface area contributed by atoms with E-state index >= 15 is 0 Å². The van der Waals surface area contributed by atoms with Crippen molar-refractivity contribution in [1.29, 1.82) is 0 Å². The van der Waals surface area contributed by atoms with Crippen molar-refractivity contribution in [2.24, 2.45) is 5.41 Å². The molecule has 1 atom stereocenters. The molecule has 0 aromatic heterocycles. The molecule has 2 aliphatic rings. The predicted octanol–water partition coefficient (Wildman–Crippen LogP) is 3.58. The minimum Gasteiger partial charge on any atom is -0.497 e. The van der Waals surface area contributed by atoms with Gasteiger partial charge in [0.2, 0.25) is 5.91 Å². The molecular weight excluding hydrogens is 340 g/mol. The Kier molecular flexibility index (Phi) is 6.64. The first-order valence-electron chi connectivity index (χ1n) is 10.3. The molecule has 0 unspecified atom stereocenters. The van der Waals surface area contributed by atoms with Crippen LogP contribution >= 0.6 is 0 Å². The van der Waals surface area contributed by atoms with Gasteiger partial charge in [-0.2, -0.15) is 0 Å². The van der Waals surface area contributed by atoms with Crippen LogP contribution in [-0.4, -0.2) is 61.6 Å². The van der Waals surface area contributed by atoms with Gasteiger partial charge in [-0.05, 0) is 58.2 Å². The highest BCUT2D eigenvalue weighted by Crippen LogP contribution is 2.39. The maximum absolute atomic E-state index is 12.2. The molecule has 3 rings (SSSR count). The van der Waals surface area contributed by atoms with Gasteiger partial charge < -0.3 is 19.3 Å². The van der Waals surface area contributed by atoms with Crippen LogP contribution in [0.15, 0.2) is 24.3 Å². The molecule has 5 nitrogen and oxygen atoms in total. The van der Waals surface area contributed by atoms with Crippen LogP contribution in [0.3, 0.4) is 0 Å². The molecule has 150 valence electrons. The van der Waals surface area contributed by atoms with Gasteiger partial charge in [0.1, 0.15) is 11.5 Å². The van der Waals surface area contributed by atoms with Crippen molar-refractivity contribution in [2.75, 3.05) is 39.9 Å². The number of hydrogen-bond acceptors (Lipinski definition) is 4. The van der Waals surface area contributed by atoms with E-state index in [1.165, 1.54) is 12.8 Å². The quantitative estimate of drug-likeness (QED) is 0.684. The smallest absolute Gasteiger partial charge is 0.222 e. The number of methoxy groups -OCH3 is 1. The maximum atomic E-state index is 12.2. The summed E-state index contributed by atoms with van der Waals surface area (Å²) in [4.78, 5) is 16.9. The van der Waals surface area contributed by atoms with Crippen LogP contribution in [0.4, 0.5) is 0 Å². The van der Waals surface area contributed by atoms with Crippen molar-refractivity contribution in [2.45, 2.75) is 52.0 Å². The molecule has 0 bridgehead atoms. The van der Waals surface area contributed by atoms with Gasteiger partial charge in [-0.1, -0.05) is 6.07 Å². The number of carbonyl (C=O) groups is 1. The lowest BCUT2D eigenvalue weighted by molar-refractivity contribution is -0.141. The topological polar surface area (TPSA) is 42.0 Å². The van der Waals surface area contributed by atoms with E-state index in [-0.39, 0.29) is 0 Å². The Labute approximate surface area is 163 Å². The minimum absolute atomic E-state index is 0.296. The number of hydrogen-bond donors (Lipinski definition) is 0. The van der Waals surface area contributed by atoms with E-state index in [0.29, 0.717) is 30.4 Å². The SMILES string of the molecule is COc1cccc(OCCCN2CCC[C@@]3(CCC(=O)N(C(C)C)C3)C2)c1. The van der Waals surface area contributed by atoms with Crippen LogP contribution in [0.5, 0.6) is 11.5 Å². The first-order valence-corrected chi connectivity index (χ1v) is 10.3. The number of piperidine rings is 2. The Morgan fingerprint density at radius 3 is 2.78 bits per heavy atom. The highest BCUT2D eigenvalue weighted by atomic mass is 16.5. The van der Waals surface area contributed by atoms with Gasteiger partial charge in [0.25, 0.3) is 0 Å². The lowest BCUT2D eigenvalue weighted by Gasteiger charge is -2.49. The van der Waals surface area contributed by atoms with Gasteiger partial charge in [-0.25, -0.2) is 0 Å². The molecule has 1 aromatic carbocycles. The summed E-state index contributed by atoms with van der Waals surface area (Å²) in [5.41, 5.74) is 0.296. The standard InChI is InChI=1S/C22H34N2O3/c1-18(2)24-17-22(11-9-21(24)25)10-5-12-23(16-22)13-6-14-27-20-8-4-7-19(15-20)26-3/h4,7-8,15,18H,5-6,9-14,16-17H2,1-3H3/t22-/m1/s1. The maximum Gasteiger partial charge on any atom is 0.222 e. The molecule has 2 saturated heterocycles. The highest BCUT2D eigenvalue weighted by molar-refractivity contribution is 5.77. The second-order valence-electron chi connectivity index (χ2n) is 8.38. The zero-order valence-corrected chi connectivity index (χ0v) is 17.1. The van der Waals surface area contributed by atoms with E-state index in [0.717, 1.165) is 50.5 Å². The molecule has 0 aliphatic carbocycles. The summed E-state index contributed by atoms with van der Waals surface area (Å²) in [5.74, 6) is 2.02. The molecule has 27 heavy (non-hydrogen) atoms. The molecule has 0 saturated carbocycles. The molecule has 5 heteroatoms. The number of ether oxygens (including phenoxy) is 2. The van der Waals surface area contributed by atoms with Crippen LogP contribution in [0, 0.1) is 5.41 Å². The summed E-state index contributed by atoms with van der Waals surface area (Å²) < 4.78 is 11.1. The fraction of sp³-hybridized carbons (Fsp3) is 0.682. The number of rotatable bonds is 7. The largest absolute Gasteiger partial charge is 0.497 e. The second kappa shape index (κ2) is 8.96. The molecule has 0 radical (unpaired) electrons. The average molecular weight is 375 g/mol. The Morgan fingerprint density at radius 1 is 1.19 bits per heavy atom. The molecular formula is C22H34N2O3. The van der Waals surface area contributed by atoms with Gasteiger partial charge in [0, 0.05) is 43.6 Å². The van der Waals surface area contributed by atoms with Crippen LogP contribution in [0.2, 0.25) is 0 Å². The molecule has 2 aliphatic heterocycles. The monoisotopic (exact) mass is 374 g/mol. The van der Waals surface area contributed by atoms with Crippen molar-refractivity contribution in [3.63, 3.8) is 0 Å². The number of carbonyl (C=O) groups excluding carboxylic acids is 1. The lowest BCUT2D eigenvalue weighted by atomic mass is 9.73. The minimum atomic E-state index is 0.296. The van der Waals surface area contributed by atoms with Crippen molar-refractivity contribution >= 4 is 5.91 Å². The number of likely N-dealkylation sites (tertiary alicyclic amines) is 2. The molecule has 2 heterocycles. The average Bonchev–Trinajstić information content (AvgIpc) is 2.68. The Morgan fingerprint density at radius 2 is 2.00 bits per heavy atom. The van der Waals surface area contributed by atoms with Crippen LogP contribution in [-0.2, 0) is 4.79 Å². The zero-order valence-electron chi connectivity index (χ0n) is 17.1. The van der Waals surface area contributed by atoms with Gasteiger partial charge in [0.05, 0.1) is 13.7 Å². The van der Waals surface area contributed by atoms with E-state index in [2.05, 4.69) is 23.6 Å². The summed E-state index contributed by atoms with van der Waals surface area (Å²) >= 11 is 0. The molecule has 1 aromatic rings. The Balaban J connectivity index is 1.46. The van der Waals surface area contributed by atoms with Crippen LogP contribution in [0.1, 0.15) is 46.0 Å². The molecule has 1 spiro atoms. The van der Waals surface area contributed by atoms with Crippen LogP contribution < -0.4 is 9.47 Å². The van der Waals surface area contributed by atoms with Crippen molar-refractivity contribution < 1.29 is 14.3 Å². The van der Waals surface area contributed by atoms with E-state index in [9.17, 15) is 4.79 Å². The second-order valence-corrected chi connectivity index (χ2v) is 8.38. The first kappa shape index (κ1) is 20.0. The number of benzene rings is 1. The lowest BCUT2D eigenvalue weighted by Crippen LogP contribution is -2.55. The first-order chi connectivity index (χ1) is 13.0. The number of amides is 1. The Hall–Kier alpha value is -1.75. The van der Waals surface area contributed by atoms with Gasteiger partial charge >= 0.3 is 0 Å². The van der Waals surface area contributed by atoms with E-state index in [1.54, 1.807) is 7.11 Å². The summed E-state index contributed by atoms with van der Waals surface area (Å²) in [7, 11) is 1.67. The third-order valence-electron chi connectivity index (χ3n) is 5.99. The van der Waals surface area contributed by atoms with Crippen molar-refractivity contribution in [1.82, 2.24) is 9.80 Å². The summed E-state index contributed by atoms with van der Waals surface area (Å²) in [6, 6.07) is 8.08. The van der Waals surface area contributed by atoms with Gasteiger partial charge in [-0.3, -0.25) is 4.79 Å². The summed E-state index contributed by atoms with van der Waals surface area (Å²) in [6.07, 6.45) is 5.26. The van der Waals surface area contributed by atoms with E-state index in [1.807, 2.05) is 24.3 Å². The van der Waals surface area contributed by atoms with E-state index in [4.69, 9.17) is 9.47 Å². The summed E-state index contributed by atoms with van der Waals surface area (Å²) in [5, 5.41) is 0. The fourth-order valence-corrected chi connectivity index (χ4v) is 4.52. The third-order valence-corrected chi connectivity index (χ3v) is 5.99. The normalized spacial score (nSPS) is 23.9.